The number of anilines is 1. The van der Waals surface area contributed by atoms with Gasteiger partial charge in [0, 0.05) is 12.3 Å². The van der Waals surface area contributed by atoms with Crippen LogP contribution in [0.5, 0.6) is 0 Å². The van der Waals surface area contributed by atoms with Gasteiger partial charge in [0.05, 0.1) is 12.2 Å². The van der Waals surface area contributed by atoms with Crippen molar-refractivity contribution in [3.8, 4) is 0 Å². The molecule has 104 valence electrons. The first-order valence-electron chi connectivity index (χ1n) is 7.10. The number of nitrogens with zero attached hydrogens (tertiary/aromatic N) is 3. The molecule has 0 saturated heterocycles. The number of hydrogen-bond acceptors (Lipinski definition) is 3. The standard InChI is InChI=1S/C15H18N4O/c20-15(13-8-4-5-10-16-13)18-14-9-11-17-19(14)12-6-2-1-3-7-12/h4-5,8-12H,1-3,6-7H2,(H,18,20). The van der Waals surface area contributed by atoms with Crippen LogP contribution in [-0.4, -0.2) is 20.7 Å². The lowest BCUT2D eigenvalue weighted by atomic mass is 9.96. The van der Waals surface area contributed by atoms with E-state index in [1.807, 2.05) is 10.7 Å². The number of rotatable bonds is 3. The van der Waals surface area contributed by atoms with Crippen molar-refractivity contribution >= 4 is 11.7 Å². The van der Waals surface area contributed by atoms with E-state index in [9.17, 15) is 4.79 Å². The third kappa shape index (κ3) is 2.71. The average molecular weight is 270 g/mol. The molecule has 2 aromatic heterocycles. The van der Waals surface area contributed by atoms with E-state index in [-0.39, 0.29) is 5.91 Å². The molecule has 1 aliphatic carbocycles. The number of carbonyl (C=O) groups excluding carboxylic acids is 1. The van der Waals surface area contributed by atoms with Crippen molar-refractivity contribution in [2.24, 2.45) is 0 Å². The number of pyridine rings is 1. The molecule has 20 heavy (non-hydrogen) atoms. The first kappa shape index (κ1) is 12.8. The van der Waals surface area contributed by atoms with Crippen LogP contribution in [0.3, 0.4) is 0 Å². The lowest BCUT2D eigenvalue weighted by Crippen LogP contribution is -2.20. The molecule has 0 spiro atoms. The van der Waals surface area contributed by atoms with Crippen molar-refractivity contribution in [1.29, 1.82) is 0 Å². The maximum atomic E-state index is 12.1. The van der Waals surface area contributed by atoms with Crippen LogP contribution in [0.15, 0.2) is 36.7 Å². The predicted molar refractivity (Wildman–Crippen MR) is 76.5 cm³/mol. The lowest BCUT2D eigenvalue weighted by molar-refractivity contribution is 0.102. The second-order valence-electron chi connectivity index (χ2n) is 5.12. The first-order chi connectivity index (χ1) is 9.84. The summed E-state index contributed by atoms with van der Waals surface area (Å²) in [6, 6.07) is 7.55. The highest BCUT2D eigenvalue weighted by Gasteiger charge is 2.19. The number of hydrogen-bond donors (Lipinski definition) is 1. The highest BCUT2D eigenvalue weighted by molar-refractivity contribution is 6.02. The van der Waals surface area contributed by atoms with Crippen LogP contribution in [0.2, 0.25) is 0 Å². The Morgan fingerprint density at radius 2 is 2.00 bits per heavy atom. The van der Waals surface area contributed by atoms with Crippen LogP contribution in [0.1, 0.15) is 48.6 Å². The molecule has 3 rings (SSSR count). The molecule has 0 atom stereocenters. The topological polar surface area (TPSA) is 59.8 Å². The summed E-state index contributed by atoms with van der Waals surface area (Å²) in [5, 5.41) is 7.27. The van der Waals surface area contributed by atoms with Gasteiger partial charge in [-0.25, -0.2) is 4.68 Å². The van der Waals surface area contributed by atoms with E-state index in [0.717, 1.165) is 18.7 Å². The zero-order valence-electron chi connectivity index (χ0n) is 11.3. The minimum absolute atomic E-state index is 0.192. The van der Waals surface area contributed by atoms with Gasteiger partial charge in [-0.3, -0.25) is 9.78 Å². The van der Waals surface area contributed by atoms with Crippen LogP contribution in [0, 0.1) is 0 Å². The quantitative estimate of drug-likeness (QED) is 0.932. The molecule has 1 fully saturated rings. The van der Waals surface area contributed by atoms with Gasteiger partial charge >= 0.3 is 0 Å². The van der Waals surface area contributed by atoms with E-state index < -0.39 is 0 Å². The fourth-order valence-corrected chi connectivity index (χ4v) is 2.71. The third-order valence-corrected chi connectivity index (χ3v) is 3.73. The normalized spacial score (nSPS) is 16.0. The van der Waals surface area contributed by atoms with E-state index in [0.29, 0.717) is 11.7 Å². The van der Waals surface area contributed by atoms with Crippen LogP contribution >= 0.6 is 0 Å². The number of nitrogens with one attached hydrogen (secondary N) is 1. The molecule has 2 aromatic rings. The summed E-state index contributed by atoms with van der Waals surface area (Å²) in [6.07, 6.45) is 9.39. The Morgan fingerprint density at radius 1 is 1.15 bits per heavy atom. The molecule has 0 unspecified atom stereocenters. The Balaban J connectivity index is 1.75. The monoisotopic (exact) mass is 270 g/mol. The van der Waals surface area contributed by atoms with Gasteiger partial charge in [-0.1, -0.05) is 25.3 Å². The average Bonchev–Trinajstić information content (AvgIpc) is 2.97. The van der Waals surface area contributed by atoms with Crippen molar-refractivity contribution in [1.82, 2.24) is 14.8 Å². The molecule has 5 nitrogen and oxygen atoms in total. The molecule has 5 heteroatoms. The van der Waals surface area contributed by atoms with Crippen molar-refractivity contribution in [2.45, 2.75) is 38.1 Å². The Labute approximate surface area is 118 Å². The van der Waals surface area contributed by atoms with Crippen LogP contribution in [0.4, 0.5) is 5.82 Å². The summed E-state index contributed by atoms with van der Waals surface area (Å²) >= 11 is 0. The molecule has 0 bridgehead atoms. The molecular formula is C15H18N4O. The second kappa shape index (κ2) is 5.86. The van der Waals surface area contributed by atoms with Crippen molar-refractivity contribution in [3.05, 3.63) is 42.4 Å². The third-order valence-electron chi connectivity index (χ3n) is 3.73. The van der Waals surface area contributed by atoms with Crippen molar-refractivity contribution < 1.29 is 4.79 Å². The van der Waals surface area contributed by atoms with E-state index in [4.69, 9.17) is 0 Å². The van der Waals surface area contributed by atoms with Gasteiger partial charge in [0.15, 0.2) is 0 Å². The first-order valence-corrected chi connectivity index (χ1v) is 7.10. The fourth-order valence-electron chi connectivity index (χ4n) is 2.71. The van der Waals surface area contributed by atoms with Crippen molar-refractivity contribution in [2.75, 3.05) is 5.32 Å². The van der Waals surface area contributed by atoms with Crippen LogP contribution in [-0.2, 0) is 0 Å². The highest BCUT2D eigenvalue weighted by atomic mass is 16.2. The molecule has 0 aromatic carbocycles. The van der Waals surface area contributed by atoms with Gasteiger partial charge in [0.2, 0.25) is 0 Å². The molecule has 2 heterocycles. The number of aromatic nitrogens is 3. The molecular weight excluding hydrogens is 252 g/mol. The molecule has 0 radical (unpaired) electrons. The van der Waals surface area contributed by atoms with Crippen LogP contribution < -0.4 is 5.32 Å². The number of carbonyl (C=O) groups is 1. The maximum absolute atomic E-state index is 12.1. The summed E-state index contributed by atoms with van der Waals surface area (Å²) in [4.78, 5) is 16.2. The Kier molecular flexibility index (Phi) is 3.76. The largest absolute Gasteiger partial charge is 0.305 e. The summed E-state index contributed by atoms with van der Waals surface area (Å²) in [5.74, 6) is 0.565. The number of amides is 1. The summed E-state index contributed by atoms with van der Waals surface area (Å²) in [7, 11) is 0. The Morgan fingerprint density at radius 3 is 2.75 bits per heavy atom. The molecule has 1 saturated carbocycles. The molecule has 1 aliphatic rings. The Bertz CT molecular complexity index is 573. The second-order valence-corrected chi connectivity index (χ2v) is 5.12. The van der Waals surface area contributed by atoms with E-state index >= 15 is 0 Å². The van der Waals surface area contributed by atoms with Gasteiger partial charge in [-0.05, 0) is 25.0 Å². The van der Waals surface area contributed by atoms with Crippen molar-refractivity contribution in [3.63, 3.8) is 0 Å². The summed E-state index contributed by atoms with van der Waals surface area (Å²) in [5.41, 5.74) is 0.420. The molecule has 0 aliphatic heterocycles. The fraction of sp³-hybridized carbons (Fsp3) is 0.400. The minimum atomic E-state index is -0.192. The van der Waals surface area contributed by atoms with Crippen LogP contribution in [0.25, 0.3) is 0 Å². The summed E-state index contributed by atoms with van der Waals surface area (Å²) in [6.45, 7) is 0. The SMILES string of the molecule is O=C(Nc1ccnn1C1CCCCC1)c1ccccn1. The molecule has 1 N–H and O–H groups in total. The molecule has 1 amide bonds. The van der Waals surface area contributed by atoms with Gasteiger partial charge in [-0.2, -0.15) is 5.10 Å². The predicted octanol–water partition coefficient (Wildman–Crippen LogP) is 3.04. The minimum Gasteiger partial charge on any atom is -0.305 e. The van der Waals surface area contributed by atoms with E-state index in [1.54, 1.807) is 30.6 Å². The van der Waals surface area contributed by atoms with Gasteiger partial charge in [0.25, 0.3) is 5.91 Å². The van der Waals surface area contributed by atoms with Gasteiger partial charge in [-0.15, -0.1) is 0 Å². The summed E-state index contributed by atoms with van der Waals surface area (Å²) < 4.78 is 1.94. The highest BCUT2D eigenvalue weighted by Crippen LogP contribution is 2.29. The zero-order valence-corrected chi connectivity index (χ0v) is 11.3. The Hall–Kier alpha value is -2.17. The van der Waals surface area contributed by atoms with Gasteiger partial charge < -0.3 is 5.32 Å². The van der Waals surface area contributed by atoms with E-state index in [1.165, 1.54) is 19.3 Å². The van der Waals surface area contributed by atoms with Gasteiger partial charge in [0.1, 0.15) is 11.5 Å². The maximum Gasteiger partial charge on any atom is 0.275 e. The lowest BCUT2D eigenvalue weighted by Gasteiger charge is -2.23. The van der Waals surface area contributed by atoms with E-state index in [2.05, 4.69) is 15.4 Å². The smallest absolute Gasteiger partial charge is 0.275 e. The zero-order chi connectivity index (χ0) is 13.8.